The molecule has 6 heteroatoms. The second-order valence-electron chi connectivity index (χ2n) is 5.59. The highest BCUT2D eigenvalue weighted by Gasteiger charge is 2.33. The van der Waals surface area contributed by atoms with Crippen LogP contribution in [0.25, 0.3) is 0 Å². The number of hydrogen-bond donors (Lipinski definition) is 2. The van der Waals surface area contributed by atoms with E-state index in [1.54, 1.807) is 0 Å². The van der Waals surface area contributed by atoms with Gasteiger partial charge < -0.3 is 15.2 Å². The maximum Gasteiger partial charge on any atom is 0.225 e. The van der Waals surface area contributed by atoms with Gasteiger partial charge in [-0.1, -0.05) is 6.07 Å². The van der Waals surface area contributed by atoms with Gasteiger partial charge in [0.25, 0.3) is 0 Å². The lowest BCUT2D eigenvalue weighted by atomic mass is 9.94. The third-order valence-electron chi connectivity index (χ3n) is 3.83. The Kier molecular flexibility index (Phi) is 4.58. The molecule has 1 aromatic carbocycles. The Bertz CT molecular complexity index is 534. The number of carbonyl (C=O) groups excluding carboxylic acids is 1. The number of rotatable bonds is 4. The number of aliphatic hydroxyl groups is 1. The average Bonchev–Trinajstić information content (AvgIpc) is 2.82. The van der Waals surface area contributed by atoms with Crippen molar-refractivity contribution in [2.45, 2.75) is 32.0 Å². The fourth-order valence-electron chi connectivity index (χ4n) is 2.49. The van der Waals surface area contributed by atoms with Crippen LogP contribution in [0, 0.1) is 17.6 Å². The fourth-order valence-corrected chi connectivity index (χ4v) is 2.49. The molecule has 3 unspecified atom stereocenters. The summed E-state index contributed by atoms with van der Waals surface area (Å²) < 4.78 is 31.9. The summed E-state index contributed by atoms with van der Waals surface area (Å²) in [6.45, 7) is 3.56. The lowest BCUT2D eigenvalue weighted by Crippen LogP contribution is -2.42. The SMILES string of the molecule is CC1OCCC1C(=O)NCC(C)(O)c1ccc(F)cc1F. The van der Waals surface area contributed by atoms with Gasteiger partial charge in [0.15, 0.2) is 0 Å². The van der Waals surface area contributed by atoms with Gasteiger partial charge in [-0.2, -0.15) is 0 Å². The van der Waals surface area contributed by atoms with Crippen LogP contribution in [0.3, 0.4) is 0 Å². The molecule has 0 bridgehead atoms. The Hall–Kier alpha value is -1.53. The number of nitrogens with one attached hydrogen (secondary N) is 1. The minimum atomic E-state index is -1.61. The standard InChI is InChI=1S/C15H19F2NO3/c1-9-11(5-6-21-9)14(19)18-8-15(2,20)12-4-3-10(16)7-13(12)17/h3-4,7,9,11,20H,5-6,8H2,1-2H3,(H,18,19). The third kappa shape index (κ3) is 3.57. The van der Waals surface area contributed by atoms with Gasteiger partial charge in [-0.05, 0) is 26.3 Å². The number of hydrogen-bond acceptors (Lipinski definition) is 3. The fraction of sp³-hybridized carbons (Fsp3) is 0.533. The van der Waals surface area contributed by atoms with Gasteiger partial charge in [-0.25, -0.2) is 8.78 Å². The molecule has 0 saturated carbocycles. The second kappa shape index (κ2) is 6.07. The van der Waals surface area contributed by atoms with Crippen molar-refractivity contribution in [2.24, 2.45) is 5.92 Å². The molecule has 0 radical (unpaired) electrons. The average molecular weight is 299 g/mol. The largest absolute Gasteiger partial charge is 0.383 e. The Balaban J connectivity index is 2.02. The molecule has 1 heterocycles. The molecule has 116 valence electrons. The zero-order chi connectivity index (χ0) is 15.6. The number of ether oxygens (including phenoxy) is 1. The van der Waals surface area contributed by atoms with Crippen LogP contribution >= 0.6 is 0 Å². The molecule has 1 fully saturated rings. The van der Waals surface area contributed by atoms with E-state index in [1.807, 2.05) is 6.92 Å². The van der Waals surface area contributed by atoms with Crippen LogP contribution in [-0.4, -0.2) is 30.3 Å². The van der Waals surface area contributed by atoms with Crippen molar-refractivity contribution in [1.29, 1.82) is 0 Å². The smallest absolute Gasteiger partial charge is 0.225 e. The Morgan fingerprint density at radius 3 is 2.81 bits per heavy atom. The molecule has 0 spiro atoms. The highest BCUT2D eigenvalue weighted by molar-refractivity contribution is 5.79. The number of amides is 1. The van der Waals surface area contributed by atoms with Gasteiger partial charge in [0, 0.05) is 18.2 Å². The summed E-state index contributed by atoms with van der Waals surface area (Å²) in [5.41, 5.74) is -1.67. The normalized spacial score (nSPS) is 24.6. The molecule has 1 aromatic rings. The van der Waals surface area contributed by atoms with Crippen LogP contribution in [0.5, 0.6) is 0 Å². The monoisotopic (exact) mass is 299 g/mol. The lowest BCUT2D eigenvalue weighted by molar-refractivity contribution is -0.127. The van der Waals surface area contributed by atoms with Gasteiger partial charge in [0.2, 0.25) is 5.91 Å². The zero-order valence-electron chi connectivity index (χ0n) is 12.0. The summed E-state index contributed by atoms with van der Waals surface area (Å²) in [7, 11) is 0. The van der Waals surface area contributed by atoms with E-state index in [2.05, 4.69) is 5.32 Å². The second-order valence-corrected chi connectivity index (χ2v) is 5.59. The van der Waals surface area contributed by atoms with Crippen LogP contribution < -0.4 is 5.32 Å². The molecular weight excluding hydrogens is 280 g/mol. The van der Waals surface area contributed by atoms with Crippen molar-refractivity contribution in [3.05, 3.63) is 35.4 Å². The predicted molar refractivity (Wildman–Crippen MR) is 72.5 cm³/mol. The van der Waals surface area contributed by atoms with E-state index >= 15 is 0 Å². The van der Waals surface area contributed by atoms with Crippen molar-refractivity contribution in [2.75, 3.05) is 13.2 Å². The molecule has 1 aliphatic rings. The van der Waals surface area contributed by atoms with Gasteiger partial charge >= 0.3 is 0 Å². The van der Waals surface area contributed by atoms with E-state index < -0.39 is 17.2 Å². The summed E-state index contributed by atoms with van der Waals surface area (Å²) >= 11 is 0. The van der Waals surface area contributed by atoms with E-state index in [4.69, 9.17) is 4.74 Å². The molecule has 21 heavy (non-hydrogen) atoms. The molecular formula is C15H19F2NO3. The number of benzene rings is 1. The summed E-state index contributed by atoms with van der Waals surface area (Å²) in [5.74, 6) is -2.05. The van der Waals surface area contributed by atoms with Crippen LogP contribution in [0.1, 0.15) is 25.8 Å². The minimum Gasteiger partial charge on any atom is -0.383 e. The summed E-state index contributed by atoms with van der Waals surface area (Å²) in [6, 6.07) is 2.96. The quantitative estimate of drug-likeness (QED) is 0.890. The van der Waals surface area contributed by atoms with Crippen LogP contribution in [0.4, 0.5) is 8.78 Å². The zero-order valence-corrected chi connectivity index (χ0v) is 12.0. The first-order valence-electron chi connectivity index (χ1n) is 6.88. The van der Waals surface area contributed by atoms with Crippen molar-refractivity contribution in [3.63, 3.8) is 0 Å². The molecule has 1 aliphatic heterocycles. The molecule has 3 atom stereocenters. The summed E-state index contributed by atoms with van der Waals surface area (Å²) in [6.07, 6.45) is 0.456. The van der Waals surface area contributed by atoms with Gasteiger partial charge in [-0.15, -0.1) is 0 Å². The highest BCUT2D eigenvalue weighted by Crippen LogP contribution is 2.25. The molecule has 2 N–H and O–H groups in total. The van der Waals surface area contributed by atoms with Crippen molar-refractivity contribution in [3.8, 4) is 0 Å². The van der Waals surface area contributed by atoms with E-state index in [-0.39, 0.29) is 30.0 Å². The van der Waals surface area contributed by atoms with Crippen LogP contribution in [-0.2, 0) is 15.1 Å². The maximum atomic E-state index is 13.7. The van der Waals surface area contributed by atoms with Crippen molar-refractivity contribution >= 4 is 5.91 Å². The minimum absolute atomic E-state index is 0.0556. The van der Waals surface area contributed by atoms with Crippen LogP contribution in [0.2, 0.25) is 0 Å². The first-order chi connectivity index (χ1) is 9.81. The third-order valence-corrected chi connectivity index (χ3v) is 3.83. The molecule has 4 nitrogen and oxygen atoms in total. The Morgan fingerprint density at radius 2 is 2.24 bits per heavy atom. The topological polar surface area (TPSA) is 58.6 Å². The first kappa shape index (κ1) is 15.9. The number of carbonyl (C=O) groups is 1. The Morgan fingerprint density at radius 1 is 1.52 bits per heavy atom. The lowest BCUT2D eigenvalue weighted by Gasteiger charge is -2.26. The van der Waals surface area contributed by atoms with Gasteiger partial charge in [-0.3, -0.25) is 4.79 Å². The molecule has 1 amide bonds. The Labute approximate surface area is 122 Å². The summed E-state index contributed by atoms with van der Waals surface area (Å²) in [4.78, 5) is 12.0. The maximum absolute atomic E-state index is 13.7. The summed E-state index contributed by atoms with van der Waals surface area (Å²) in [5, 5.41) is 12.9. The first-order valence-corrected chi connectivity index (χ1v) is 6.88. The van der Waals surface area contributed by atoms with Crippen molar-refractivity contribution in [1.82, 2.24) is 5.32 Å². The van der Waals surface area contributed by atoms with E-state index in [9.17, 15) is 18.7 Å². The van der Waals surface area contributed by atoms with Crippen molar-refractivity contribution < 1.29 is 23.4 Å². The number of halogens is 2. The molecule has 0 aliphatic carbocycles. The van der Waals surface area contributed by atoms with Gasteiger partial charge in [0.1, 0.15) is 17.2 Å². The predicted octanol–water partition coefficient (Wildman–Crippen LogP) is 1.71. The highest BCUT2D eigenvalue weighted by atomic mass is 19.1. The van der Waals surface area contributed by atoms with E-state index in [1.165, 1.54) is 13.0 Å². The van der Waals surface area contributed by atoms with E-state index in [0.717, 1.165) is 6.07 Å². The molecule has 0 aromatic heterocycles. The van der Waals surface area contributed by atoms with Gasteiger partial charge in [0.05, 0.1) is 18.6 Å². The molecule has 1 saturated heterocycles. The van der Waals surface area contributed by atoms with Crippen LogP contribution in [0.15, 0.2) is 18.2 Å². The van der Waals surface area contributed by atoms with E-state index in [0.29, 0.717) is 19.1 Å². The molecule has 2 rings (SSSR count).